The topological polar surface area (TPSA) is 316 Å². The Bertz CT molecular complexity index is 2430. The highest BCUT2D eigenvalue weighted by atomic mass is 16.4. The van der Waals surface area contributed by atoms with Crippen molar-refractivity contribution in [2.45, 2.75) is 216 Å². The molecule has 496 valence electrons. The molecule has 0 aromatic heterocycles. The maximum atomic E-state index is 15.1. The number of amides is 11. The van der Waals surface area contributed by atoms with Crippen molar-refractivity contribution in [3.05, 3.63) is 12.2 Å². The third-order valence-corrected chi connectivity index (χ3v) is 16.0. The van der Waals surface area contributed by atoms with Gasteiger partial charge in [0.25, 0.3) is 0 Å². The number of carboxylic acid groups (broad SMARTS) is 1. The van der Waals surface area contributed by atoms with Crippen molar-refractivity contribution in [1.82, 2.24) is 55.6 Å². The Balaban J connectivity index is 4.40. The van der Waals surface area contributed by atoms with E-state index in [0.29, 0.717) is 0 Å². The van der Waals surface area contributed by atoms with E-state index in [-0.39, 0.29) is 55.8 Å². The minimum atomic E-state index is -1.88. The molecule has 6 N–H and O–H groups in total. The number of rotatable bonds is 16. The maximum absolute atomic E-state index is 15.1. The highest BCUT2D eigenvalue weighted by Crippen LogP contribution is 2.26. The summed E-state index contributed by atoms with van der Waals surface area (Å²) in [5.41, 5.74) is 0. The van der Waals surface area contributed by atoms with Crippen LogP contribution in [0, 0.1) is 41.4 Å². The van der Waals surface area contributed by atoms with Crippen molar-refractivity contribution in [1.29, 1.82) is 0 Å². The fourth-order valence-electron chi connectivity index (χ4n) is 10.7. The molecule has 12 atom stereocenters. The average molecular weight is 1230 g/mol. The number of aliphatic hydroxyl groups excluding tert-OH is 1. The van der Waals surface area contributed by atoms with Crippen LogP contribution in [0.5, 0.6) is 0 Å². The van der Waals surface area contributed by atoms with Crippen LogP contribution in [-0.4, -0.2) is 238 Å². The molecule has 1 aliphatic heterocycles. The lowest BCUT2D eigenvalue weighted by Gasteiger charge is -2.41. The number of nitrogens with zero attached hydrogens (tertiary/aromatic N) is 7. The molecule has 0 spiro atoms. The molecule has 0 aromatic rings. The number of carboxylic acids is 1. The summed E-state index contributed by atoms with van der Waals surface area (Å²) in [7, 11) is 9.39. The molecule has 25 heteroatoms. The molecule has 11 amide bonds. The molecule has 87 heavy (non-hydrogen) atoms. The molecule has 0 radical (unpaired) electrons. The first-order chi connectivity index (χ1) is 40.1. The van der Waals surface area contributed by atoms with Gasteiger partial charge in [0.2, 0.25) is 65.0 Å². The lowest BCUT2D eigenvalue weighted by Crippen LogP contribution is -2.63. The monoisotopic (exact) mass is 1230 g/mol. The third-order valence-electron chi connectivity index (χ3n) is 16.0. The van der Waals surface area contributed by atoms with Crippen molar-refractivity contribution in [3.63, 3.8) is 0 Å². The van der Waals surface area contributed by atoms with E-state index in [2.05, 4.69) is 21.3 Å². The highest BCUT2D eigenvalue weighted by molar-refractivity contribution is 6.00. The van der Waals surface area contributed by atoms with Crippen LogP contribution in [0.1, 0.15) is 149 Å². The number of hydrogen-bond acceptors (Lipinski definition) is 13. The number of hydrogen-bond donors (Lipinski definition) is 6. The van der Waals surface area contributed by atoms with Crippen LogP contribution >= 0.6 is 0 Å². The number of nitrogens with one attached hydrogen (secondary N) is 4. The molecule has 25 nitrogen and oxygen atoms in total. The van der Waals surface area contributed by atoms with Gasteiger partial charge in [-0.25, -0.2) is 0 Å². The Morgan fingerprint density at radius 1 is 0.483 bits per heavy atom. The molecule has 1 saturated heterocycles. The summed E-state index contributed by atoms with van der Waals surface area (Å²) >= 11 is 0. The first-order valence-corrected chi connectivity index (χ1v) is 30.6. The van der Waals surface area contributed by atoms with Gasteiger partial charge >= 0.3 is 5.97 Å². The molecule has 1 fully saturated rings. The van der Waals surface area contributed by atoms with E-state index in [1.54, 1.807) is 53.7 Å². The molecule has 1 rings (SSSR count). The largest absolute Gasteiger partial charge is 0.481 e. The van der Waals surface area contributed by atoms with E-state index >= 15 is 9.59 Å². The number of allylic oxidation sites excluding steroid dienone is 2. The second-order valence-electron chi connectivity index (χ2n) is 26.3. The number of likely N-dealkylation sites (N-methyl/N-ethyl adjacent to an activating group) is 7. The van der Waals surface area contributed by atoms with E-state index in [1.165, 1.54) is 82.8 Å². The molecule has 0 bridgehead atoms. The van der Waals surface area contributed by atoms with Gasteiger partial charge in [-0.1, -0.05) is 102 Å². The number of aliphatic carboxylic acids is 1. The minimum Gasteiger partial charge on any atom is -0.481 e. The lowest BCUT2D eigenvalue weighted by atomic mass is 9.91. The summed E-state index contributed by atoms with van der Waals surface area (Å²) in [5, 5.41) is 32.8. The molecule has 0 aromatic carbocycles. The summed E-state index contributed by atoms with van der Waals surface area (Å²) in [6.45, 7) is 26.8. The minimum absolute atomic E-state index is 0.0768. The standard InChI is InChI=1S/C62H109N11O14/c1-24-25-26-39(14)52(77)51-56(81)65-42(31-48(75)76)58(83)67(17)32-47(74)68(18)43(27-33(2)3)55(80)66-49(37(10)11)61(86)69(19)44(28-34(4)5)54(79)63-40(15)53(78)64-41(16)57(82)70(20)45(29-35(6)7)59(84)71(21)46(30-36(8)9)60(85)72(22)50(38(12)13)62(87)73(51)23/h24-25,33-46,49-52,77H,26-32H2,1-23H3,(H,63,79)(H,64,78)(H,65,81)(H,66,80)(H,75,76)/b25-24+/t39-,40+,41-,42+,43+,44+,45+,46+,49+,50+,51+,52-/m1/s1. The zero-order chi connectivity index (χ0) is 67.6. The number of aliphatic hydroxyl groups is 1. The van der Waals surface area contributed by atoms with Crippen LogP contribution in [0.3, 0.4) is 0 Å². The second-order valence-corrected chi connectivity index (χ2v) is 26.3. The Kier molecular flexibility index (Phi) is 31.8. The Labute approximate surface area is 517 Å². The van der Waals surface area contributed by atoms with Gasteiger partial charge in [-0.3, -0.25) is 57.5 Å². The Hall–Kier alpha value is -6.66. The second kappa shape index (κ2) is 35.4. The van der Waals surface area contributed by atoms with Crippen LogP contribution in [0.4, 0.5) is 0 Å². The fraction of sp³-hybridized carbons (Fsp3) is 0.774. The van der Waals surface area contributed by atoms with Gasteiger partial charge in [0.15, 0.2) is 0 Å². The van der Waals surface area contributed by atoms with Crippen LogP contribution in [0.15, 0.2) is 12.2 Å². The first-order valence-electron chi connectivity index (χ1n) is 30.6. The fourth-order valence-corrected chi connectivity index (χ4v) is 10.7. The average Bonchev–Trinajstić information content (AvgIpc) is 1.65. The molecule has 0 aliphatic carbocycles. The molecule has 0 saturated carbocycles. The molecule has 1 aliphatic rings. The number of carbonyl (C=O) groups is 12. The molecule has 1 heterocycles. The maximum Gasteiger partial charge on any atom is 0.305 e. The molecular formula is C62H109N11O14. The zero-order valence-electron chi connectivity index (χ0n) is 56.4. The molecule has 0 unspecified atom stereocenters. The van der Waals surface area contributed by atoms with Gasteiger partial charge in [0.05, 0.1) is 19.1 Å². The van der Waals surface area contributed by atoms with Gasteiger partial charge in [-0.05, 0) is 94.3 Å². The summed E-state index contributed by atoms with van der Waals surface area (Å²) in [6, 6.07) is -13.6. The van der Waals surface area contributed by atoms with E-state index in [0.717, 1.165) is 14.7 Å². The number of carbonyl (C=O) groups excluding carboxylic acids is 11. The van der Waals surface area contributed by atoms with Crippen molar-refractivity contribution in [2.24, 2.45) is 41.4 Å². The lowest BCUT2D eigenvalue weighted by molar-refractivity contribution is -0.157. The van der Waals surface area contributed by atoms with Gasteiger partial charge in [-0.15, -0.1) is 0 Å². The zero-order valence-corrected chi connectivity index (χ0v) is 56.4. The summed E-state index contributed by atoms with van der Waals surface area (Å²) in [6.07, 6.45) is 1.44. The van der Waals surface area contributed by atoms with Gasteiger partial charge in [0.1, 0.15) is 60.4 Å². The highest BCUT2D eigenvalue weighted by Gasteiger charge is 2.46. The summed E-state index contributed by atoms with van der Waals surface area (Å²) in [4.78, 5) is 180. The predicted molar refractivity (Wildman–Crippen MR) is 330 cm³/mol. The predicted octanol–water partition coefficient (Wildman–Crippen LogP) is 2.33. The summed E-state index contributed by atoms with van der Waals surface area (Å²) in [5.74, 6) is -12.9. The van der Waals surface area contributed by atoms with Gasteiger partial charge in [-0.2, -0.15) is 0 Å². The van der Waals surface area contributed by atoms with Crippen LogP contribution in [0.2, 0.25) is 0 Å². The van der Waals surface area contributed by atoms with Crippen LogP contribution in [0.25, 0.3) is 0 Å². The van der Waals surface area contributed by atoms with Crippen molar-refractivity contribution in [3.8, 4) is 0 Å². The van der Waals surface area contributed by atoms with E-state index in [9.17, 15) is 58.2 Å². The van der Waals surface area contributed by atoms with Crippen LogP contribution < -0.4 is 21.3 Å². The quantitative estimate of drug-likeness (QED) is 0.121. The van der Waals surface area contributed by atoms with Crippen molar-refractivity contribution >= 4 is 70.9 Å². The van der Waals surface area contributed by atoms with Gasteiger partial charge in [0, 0.05) is 49.3 Å². The smallest absolute Gasteiger partial charge is 0.305 e. The van der Waals surface area contributed by atoms with Gasteiger partial charge < -0.3 is 65.8 Å². The Morgan fingerprint density at radius 2 is 0.897 bits per heavy atom. The van der Waals surface area contributed by atoms with E-state index < -0.39 is 168 Å². The normalized spacial score (nSPS) is 26.5. The van der Waals surface area contributed by atoms with Crippen molar-refractivity contribution in [2.75, 3.05) is 55.9 Å². The van der Waals surface area contributed by atoms with E-state index in [4.69, 9.17) is 0 Å². The van der Waals surface area contributed by atoms with Crippen LogP contribution in [-0.2, 0) is 57.5 Å². The first kappa shape index (κ1) is 78.4. The van der Waals surface area contributed by atoms with Crippen molar-refractivity contribution < 1.29 is 67.7 Å². The SMILES string of the molecule is C/C=C/C[C@@H](C)[C@@H](O)[C@H]1C(=O)N[C@@H](CC(=O)O)C(=O)N(C)CC(=O)N(C)[C@@H](CC(C)C)C(=O)N[C@@H](C(C)C)C(=O)N(C)[C@@H](CC(C)C)C(=O)N[C@@H](C)C(=O)N[C@H](C)C(=O)N(C)[C@@H](CC(C)C)C(=O)N(C)[C@@H](CC(C)C)C(=O)N(C)[C@@H](C(C)C)C(=O)N1C. The molecular weight excluding hydrogens is 1120 g/mol. The van der Waals surface area contributed by atoms with E-state index in [1.807, 2.05) is 55.4 Å². The Morgan fingerprint density at radius 3 is 1.34 bits per heavy atom. The third kappa shape index (κ3) is 22.5. The summed E-state index contributed by atoms with van der Waals surface area (Å²) < 4.78 is 0.